The SMILES string of the molecule is CCCCCCCCCCCCNC(=O)[C@@H]1CCCN1. The molecule has 0 radical (unpaired) electrons. The van der Waals surface area contributed by atoms with Crippen molar-refractivity contribution >= 4 is 5.91 Å². The van der Waals surface area contributed by atoms with E-state index in [2.05, 4.69) is 17.6 Å². The van der Waals surface area contributed by atoms with E-state index in [1.54, 1.807) is 0 Å². The Kier molecular flexibility index (Phi) is 10.7. The molecule has 20 heavy (non-hydrogen) atoms. The molecule has 1 atom stereocenters. The predicted octanol–water partition coefficient (Wildman–Crippen LogP) is 3.78. The number of carbonyl (C=O) groups excluding carboxylic acids is 1. The van der Waals surface area contributed by atoms with Crippen LogP contribution in [0.2, 0.25) is 0 Å². The van der Waals surface area contributed by atoms with Crippen LogP contribution in [0.4, 0.5) is 0 Å². The standard InChI is InChI=1S/C17H34N2O/c1-2-3-4-5-6-7-8-9-10-11-14-19-17(20)16-13-12-15-18-16/h16,18H,2-15H2,1H3,(H,19,20)/t16-/m0/s1. The van der Waals surface area contributed by atoms with E-state index in [-0.39, 0.29) is 11.9 Å². The average molecular weight is 282 g/mol. The molecule has 1 amide bonds. The third-order valence-corrected chi connectivity index (χ3v) is 4.21. The second-order valence-electron chi connectivity index (χ2n) is 6.12. The zero-order valence-electron chi connectivity index (χ0n) is 13.4. The summed E-state index contributed by atoms with van der Waals surface area (Å²) in [4.78, 5) is 11.7. The summed E-state index contributed by atoms with van der Waals surface area (Å²) in [7, 11) is 0. The number of hydrogen-bond acceptors (Lipinski definition) is 2. The van der Waals surface area contributed by atoms with E-state index in [9.17, 15) is 4.79 Å². The Labute approximate surface area is 125 Å². The molecule has 0 saturated carbocycles. The van der Waals surface area contributed by atoms with Crippen molar-refractivity contribution in [2.75, 3.05) is 13.1 Å². The quantitative estimate of drug-likeness (QED) is 0.535. The number of carbonyl (C=O) groups is 1. The molecule has 1 heterocycles. The van der Waals surface area contributed by atoms with Gasteiger partial charge in [0.05, 0.1) is 6.04 Å². The third kappa shape index (κ3) is 8.57. The monoisotopic (exact) mass is 282 g/mol. The summed E-state index contributed by atoms with van der Waals surface area (Å²) in [6, 6.07) is 0.0816. The van der Waals surface area contributed by atoms with Crippen LogP contribution in [0.25, 0.3) is 0 Å². The summed E-state index contributed by atoms with van der Waals surface area (Å²) in [6.07, 6.45) is 15.6. The zero-order chi connectivity index (χ0) is 14.5. The van der Waals surface area contributed by atoms with Crippen molar-refractivity contribution in [1.82, 2.24) is 10.6 Å². The summed E-state index contributed by atoms with van der Waals surface area (Å²) in [5.41, 5.74) is 0. The highest BCUT2D eigenvalue weighted by atomic mass is 16.2. The van der Waals surface area contributed by atoms with Crippen LogP contribution < -0.4 is 10.6 Å². The molecular weight excluding hydrogens is 248 g/mol. The maximum absolute atomic E-state index is 11.7. The van der Waals surface area contributed by atoms with Gasteiger partial charge in [0.25, 0.3) is 0 Å². The van der Waals surface area contributed by atoms with E-state index in [0.717, 1.165) is 32.4 Å². The fourth-order valence-electron chi connectivity index (χ4n) is 2.86. The van der Waals surface area contributed by atoms with Crippen molar-refractivity contribution in [3.63, 3.8) is 0 Å². The van der Waals surface area contributed by atoms with Crippen LogP contribution in [0.3, 0.4) is 0 Å². The first kappa shape index (κ1) is 17.5. The molecule has 118 valence electrons. The number of rotatable bonds is 12. The minimum Gasteiger partial charge on any atom is -0.355 e. The van der Waals surface area contributed by atoms with Gasteiger partial charge in [0.1, 0.15) is 0 Å². The van der Waals surface area contributed by atoms with Crippen molar-refractivity contribution in [2.24, 2.45) is 0 Å². The van der Waals surface area contributed by atoms with Crippen molar-refractivity contribution in [3.05, 3.63) is 0 Å². The van der Waals surface area contributed by atoms with Crippen LogP contribution in [0.15, 0.2) is 0 Å². The fourth-order valence-corrected chi connectivity index (χ4v) is 2.86. The molecule has 1 saturated heterocycles. The lowest BCUT2D eigenvalue weighted by molar-refractivity contribution is -0.122. The highest BCUT2D eigenvalue weighted by Crippen LogP contribution is 2.10. The first-order valence-electron chi connectivity index (χ1n) is 8.85. The number of hydrogen-bond donors (Lipinski definition) is 2. The largest absolute Gasteiger partial charge is 0.355 e. The number of amides is 1. The van der Waals surface area contributed by atoms with Gasteiger partial charge in [-0.15, -0.1) is 0 Å². The number of nitrogens with one attached hydrogen (secondary N) is 2. The molecule has 2 N–H and O–H groups in total. The molecule has 0 aliphatic carbocycles. The zero-order valence-corrected chi connectivity index (χ0v) is 13.4. The molecular formula is C17H34N2O. The minimum absolute atomic E-state index is 0.0816. The molecule has 3 nitrogen and oxygen atoms in total. The van der Waals surface area contributed by atoms with E-state index in [0.29, 0.717) is 0 Å². The Balaban J connectivity index is 1.77. The summed E-state index contributed by atoms with van der Waals surface area (Å²) in [6.45, 7) is 4.12. The van der Waals surface area contributed by atoms with Crippen molar-refractivity contribution in [1.29, 1.82) is 0 Å². The van der Waals surface area contributed by atoms with Crippen LogP contribution in [0.5, 0.6) is 0 Å². The van der Waals surface area contributed by atoms with E-state index in [4.69, 9.17) is 0 Å². The lowest BCUT2D eigenvalue weighted by Gasteiger charge is -2.10. The summed E-state index contributed by atoms with van der Waals surface area (Å²) in [5, 5.41) is 6.28. The van der Waals surface area contributed by atoms with Gasteiger partial charge in [-0.3, -0.25) is 4.79 Å². The van der Waals surface area contributed by atoms with Gasteiger partial charge in [0.15, 0.2) is 0 Å². The molecule has 0 aromatic rings. The lowest BCUT2D eigenvalue weighted by atomic mass is 10.1. The highest BCUT2D eigenvalue weighted by molar-refractivity contribution is 5.81. The van der Waals surface area contributed by atoms with E-state index in [1.165, 1.54) is 57.8 Å². The molecule has 3 heteroatoms. The first-order valence-corrected chi connectivity index (χ1v) is 8.85. The van der Waals surface area contributed by atoms with Gasteiger partial charge in [-0.1, -0.05) is 64.7 Å². The maximum atomic E-state index is 11.7. The Bertz CT molecular complexity index is 237. The van der Waals surface area contributed by atoms with Gasteiger partial charge in [0, 0.05) is 6.54 Å². The second kappa shape index (κ2) is 12.2. The molecule has 1 aliphatic heterocycles. The lowest BCUT2D eigenvalue weighted by Crippen LogP contribution is -2.40. The predicted molar refractivity (Wildman–Crippen MR) is 85.9 cm³/mol. The Hall–Kier alpha value is -0.570. The van der Waals surface area contributed by atoms with Crippen LogP contribution in [-0.2, 0) is 4.79 Å². The van der Waals surface area contributed by atoms with Crippen LogP contribution in [0.1, 0.15) is 84.0 Å². The van der Waals surface area contributed by atoms with Gasteiger partial charge >= 0.3 is 0 Å². The summed E-state index contributed by atoms with van der Waals surface area (Å²) >= 11 is 0. The molecule has 1 fully saturated rings. The first-order chi connectivity index (χ1) is 9.84. The maximum Gasteiger partial charge on any atom is 0.237 e. The van der Waals surface area contributed by atoms with Crippen LogP contribution in [0, 0.1) is 0 Å². The average Bonchev–Trinajstić information content (AvgIpc) is 2.99. The van der Waals surface area contributed by atoms with E-state index >= 15 is 0 Å². The third-order valence-electron chi connectivity index (χ3n) is 4.21. The Morgan fingerprint density at radius 2 is 1.60 bits per heavy atom. The Morgan fingerprint density at radius 3 is 2.15 bits per heavy atom. The van der Waals surface area contributed by atoms with Crippen molar-refractivity contribution in [3.8, 4) is 0 Å². The highest BCUT2D eigenvalue weighted by Gasteiger charge is 2.20. The molecule has 0 spiro atoms. The van der Waals surface area contributed by atoms with Gasteiger partial charge in [-0.05, 0) is 25.8 Å². The normalized spacial score (nSPS) is 18.4. The second-order valence-corrected chi connectivity index (χ2v) is 6.12. The summed E-state index contributed by atoms with van der Waals surface area (Å²) < 4.78 is 0. The molecule has 1 aliphatic rings. The molecule has 0 bridgehead atoms. The fraction of sp³-hybridized carbons (Fsp3) is 0.941. The van der Waals surface area contributed by atoms with Crippen LogP contribution >= 0.6 is 0 Å². The minimum atomic E-state index is 0.0816. The van der Waals surface area contributed by atoms with Gasteiger partial charge < -0.3 is 10.6 Å². The van der Waals surface area contributed by atoms with Gasteiger partial charge in [-0.2, -0.15) is 0 Å². The van der Waals surface area contributed by atoms with Gasteiger partial charge in [0.2, 0.25) is 5.91 Å². The van der Waals surface area contributed by atoms with E-state index < -0.39 is 0 Å². The molecule has 0 aromatic heterocycles. The Morgan fingerprint density at radius 1 is 1.00 bits per heavy atom. The smallest absolute Gasteiger partial charge is 0.237 e. The van der Waals surface area contributed by atoms with Crippen molar-refractivity contribution < 1.29 is 4.79 Å². The van der Waals surface area contributed by atoms with Crippen molar-refractivity contribution in [2.45, 2.75) is 90.0 Å². The van der Waals surface area contributed by atoms with E-state index in [1.807, 2.05) is 0 Å². The molecule has 0 unspecified atom stereocenters. The summed E-state index contributed by atoms with van der Waals surface area (Å²) in [5.74, 6) is 0.207. The molecule has 1 rings (SSSR count). The topological polar surface area (TPSA) is 41.1 Å². The van der Waals surface area contributed by atoms with Crippen LogP contribution in [-0.4, -0.2) is 25.0 Å². The number of unbranched alkanes of at least 4 members (excludes halogenated alkanes) is 9. The van der Waals surface area contributed by atoms with Gasteiger partial charge in [-0.25, -0.2) is 0 Å². The molecule has 0 aromatic carbocycles.